The molecule has 0 N–H and O–H groups in total. The molecule has 0 aliphatic carbocycles. The van der Waals surface area contributed by atoms with E-state index in [-0.39, 0.29) is 5.91 Å². The fourth-order valence-corrected chi connectivity index (χ4v) is 2.55. The van der Waals surface area contributed by atoms with Crippen LogP contribution < -0.4 is 9.47 Å². The summed E-state index contributed by atoms with van der Waals surface area (Å²) in [6.45, 7) is 4.21. The molecular weight excluding hydrogens is 328 g/mol. The van der Waals surface area contributed by atoms with Gasteiger partial charge in [-0.3, -0.25) is 9.69 Å². The molecule has 0 aliphatic heterocycles. The summed E-state index contributed by atoms with van der Waals surface area (Å²) in [5, 5.41) is 0. The minimum atomic E-state index is 0.0826. The number of aryl methyl sites for hydroxylation is 1. The quantitative estimate of drug-likeness (QED) is 0.693. The Kier molecular flexibility index (Phi) is 7.48. The Morgan fingerprint density at radius 3 is 2.38 bits per heavy atom. The van der Waals surface area contributed by atoms with Crippen LogP contribution in [0, 0.1) is 6.92 Å². The molecule has 2 aromatic carbocycles. The van der Waals surface area contributed by atoms with Gasteiger partial charge in [0.25, 0.3) is 0 Å². The SMILES string of the molecule is COc1ccc(CN(C)C(=O)CN(C)CCOc2ccccc2C)cc1. The van der Waals surface area contributed by atoms with Crippen LogP contribution in [0.3, 0.4) is 0 Å². The van der Waals surface area contributed by atoms with Gasteiger partial charge in [-0.15, -0.1) is 0 Å². The molecule has 5 heteroatoms. The van der Waals surface area contributed by atoms with Crippen molar-refractivity contribution in [2.45, 2.75) is 13.5 Å². The maximum Gasteiger partial charge on any atom is 0.236 e. The van der Waals surface area contributed by atoms with E-state index in [1.165, 1.54) is 0 Å². The molecule has 0 radical (unpaired) electrons. The lowest BCUT2D eigenvalue weighted by atomic mass is 10.2. The zero-order valence-corrected chi connectivity index (χ0v) is 16.1. The number of rotatable bonds is 9. The zero-order valence-electron chi connectivity index (χ0n) is 16.1. The van der Waals surface area contributed by atoms with Gasteiger partial charge in [0.05, 0.1) is 13.7 Å². The second kappa shape index (κ2) is 9.82. The minimum Gasteiger partial charge on any atom is -0.497 e. The number of nitrogens with zero attached hydrogens (tertiary/aromatic N) is 2. The topological polar surface area (TPSA) is 42.0 Å². The predicted octanol–water partition coefficient (Wildman–Crippen LogP) is 2.97. The number of carbonyl (C=O) groups excluding carboxylic acids is 1. The first-order valence-electron chi connectivity index (χ1n) is 8.73. The van der Waals surface area contributed by atoms with Gasteiger partial charge in [-0.05, 0) is 43.3 Å². The van der Waals surface area contributed by atoms with Crippen molar-refractivity contribution in [1.82, 2.24) is 9.80 Å². The molecule has 0 atom stereocenters. The molecule has 1 amide bonds. The Morgan fingerprint density at radius 1 is 1.04 bits per heavy atom. The van der Waals surface area contributed by atoms with Crippen molar-refractivity contribution >= 4 is 5.91 Å². The number of likely N-dealkylation sites (N-methyl/N-ethyl adjacent to an activating group) is 2. The van der Waals surface area contributed by atoms with Crippen LogP contribution in [-0.2, 0) is 11.3 Å². The largest absolute Gasteiger partial charge is 0.497 e. The normalized spacial score (nSPS) is 10.7. The van der Waals surface area contributed by atoms with Crippen LogP contribution in [0.2, 0.25) is 0 Å². The van der Waals surface area contributed by atoms with Crippen LogP contribution in [0.15, 0.2) is 48.5 Å². The van der Waals surface area contributed by atoms with E-state index in [2.05, 4.69) is 0 Å². The molecule has 2 aromatic rings. The highest BCUT2D eigenvalue weighted by Crippen LogP contribution is 2.16. The minimum absolute atomic E-state index is 0.0826. The van der Waals surface area contributed by atoms with E-state index in [9.17, 15) is 4.79 Å². The molecule has 0 unspecified atom stereocenters. The van der Waals surface area contributed by atoms with Gasteiger partial charge in [0.1, 0.15) is 18.1 Å². The van der Waals surface area contributed by atoms with Gasteiger partial charge < -0.3 is 14.4 Å². The van der Waals surface area contributed by atoms with Gasteiger partial charge >= 0.3 is 0 Å². The number of ether oxygens (including phenoxy) is 2. The van der Waals surface area contributed by atoms with Crippen molar-refractivity contribution < 1.29 is 14.3 Å². The number of methoxy groups -OCH3 is 1. The lowest BCUT2D eigenvalue weighted by molar-refractivity contribution is -0.131. The van der Waals surface area contributed by atoms with Crippen LogP contribution in [0.4, 0.5) is 0 Å². The van der Waals surface area contributed by atoms with Gasteiger partial charge in [-0.2, -0.15) is 0 Å². The maximum atomic E-state index is 12.4. The number of carbonyl (C=O) groups is 1. The Hall–Kier alpha value is -2.53. The Balaban J connectivity index is 1.74. The predicted molar refractivity (Wildman–Crippen MR) is 104 cm³/mol. The van der Waals surface area contributed by atoms with Crippen molar-refractivity contribution in [3.05, 3.63) is 59.7 Å². The highest BCUT2D eigenvalue weighted by molar-refractivity contribution is 5.77. The smallest absolute Gasteiger partial charge is 0.236 e. The average molecular weight is 356 g/mol. The summed E-state index contributed by atoms with van der Waals surface area (Å²) in [4.78, 5) is 16.1. The maximum absolute atomic E-state index is 12.4. The van der Waals surface area contributed by atoms with Gasteiger partial charge in [0.2, 0.25) is 5.91 Å². The molecule has 5 nitrogen and oxygen atoms in total. The Morgan fingerprint density at radius 2 is 1.73 bits per heavy atom. The molecule has 0 bridgehead atoms. The molecule has 0 fully saturated rings. The van der Waals surface area contributed by atoms with Gasteiger partial charge in [0, 0.05) is 20.1 Å². The van der Waals surface area contributed by atoms with E-state index in [0.29, 0.717) is 26.2 Å². The van der Waals surface area contributed by atoms with E-state index in [0.717, 1.165) is 22.6 Å². The lowest BCUT2D eigenvalue weighted by Gasteiger charge is -2.22. The third-order valence-corrected chi connectivity index (χ3v) is 4.23. The van der Waals surface area contributed by atoms with Crippen LogP contribution in [0.1, 0.15) is 11.1 Å². The van der Waals surface area contributed by atoms with E-state index >= 15 is 0 Å². The van der Waals surface area contributed by atoms with Crippen molar-refractivity contribution in [2.75, 3.05) is 40.9 Å². The molecule has 0 aromatic heterocycles. The van der Waals surface area contributed by atoms with E-state index in [1.54, 1.807) is 12.0 Å². The van der Waals surface area contributed by atoms with Crippen LogP contribution >= 0.6 is 0 Å². The number of para-hydroxylation sites is 1. The number of benzene rings is 2. The van der Waals surface area contributed by atoms with Crippen molar-refractivity contribution in [1.29, 1.82) is 0 Å². The molecule has 0 saturated carbocycles. The third-order valence-electron chi connectivity index (χ3n) is 4.23. The first-order valence-corrected chi connectivity index (χ1v) is 8.73. The molecule has 2 rings (SSSR count). The molecule has 0 spiro atoms. The standard InChI is InChI=1S/C21H28N2O3/c1-17-7-5-6-8-20(17)26-14-13-22(2)16-21(24)23(3)15-18-9-11-19(25-4)12-10-18/h5-12H,13-16H2,1-4H3. The van der Waals surface area contributed by atoms with Crippen LogP contribution in [-0.4, -0.2) is 56.6 Å². The average Bonchev–Trinajstić information content (AvgIpc) is 2.64. The van der Waals surface area contributed by atoms with Gasteiger partial charge in [-0.1, -0.05) is 30.3 Å². The fraction of sp³-hybridized carbons (Fsp3) is 0.381. The highest BCUT2D eigenvalue weighted by atomic mass is 16.5. The summed E-state index contributed by atoms with van der Waals surface area (Å²) in [7, 11) is 5.40. The van der Waals surface area contributed by atoms with Gasteiger partial charge in [-0.25, -0.2) is 0 Å². The molecule has 0 aliphatic rings. The zero-order chi connectivity index (χ0) is 18.9. The van der Waals surface area contributed by atoms with Crippen molar-refractivity contribution in [2.24, 2.45) is 0 Å². The van der Waals surface area contributed by atoms with Crippen molar-refractivity contribution in [3.8, 4) is 11.5 Å². The molecule has 0 heterocycles. The summed E-state index contributed by atoms with van der Waals surface area (Å²) >= 11 is 0. The monoisotopic (exact) mass is 356 g/mol. The first-order chi connectivity index (χ1) is 12.5. The second-order valence-electron chi connectivity index (χ2n) is 6.45. The van der Waals surface area contributed by atoms with E-state index in [4.69, 9.17) is 9.47 Å². The summed E-state index contributed by atoms with van der Waals surface area (Å²) in [5.41, 5.74) is 2.19. The lowest BCUT2D eigenvalue weighted by Crippen LogP contribution is -2.37. The van der Waals surface area contributed by atoms with Crippen molar-refractivity contribution in [3.63, 3.8) is 0 Å². The summed E-state index contributed by atoms with van der Waals surface area (Å²) < 4.78 is 10.9. The first kappa shape index (κ1) is 19.8. The third kappa shape index (κ3) is 6.08. The van der Waals surface area contributed by atoms with Gasteiger partial charge in [0.15, 0.2) is 0 Å². The molecular formula is C21H28N2O3. The number of amides is 1. The summed E-state index contributed by atoms with van der Waals surface area (Å²) in [6.07, 6.45) is 0. The summed E-state index contributed by atoms with van der Waals surface area (Å²) in [5.74, 6) is 1.79. The van der Waals surface area contributed by atoms with Crippen LogP contribution in [0.5, 0.6) is 11.5 Å². The number of hydrogen-bond donors (Lipinski definition) is 0. The Bertz CT molecular complexity index is 701. The fourth-order valence-electron chi connectivity index (χ4n) is 2.55. The molecule has 26 heavy (non-hydrogen) atoms. The Labute approximate surface area is 156 Å². The highest BCUT2D eigenvalue weighted by Gasteiger charge is 2.12. The number of hydrogen-bond acceptors (Lipinski definition) is 4. The molecule has 0 saturated heterocycles. The second-order valence-corrected chi connectivity index (χ2v) is 6.45. The summed E-state index contributed by atoms with van der Waals surface area (Å²) in [6, 6.07) is 15.7. The van der Waals surface area contributed by atoms with E-state index in [1.807, 2.05) is 74.4 Å². The van der Waals surface area contributed by atoms with E-state index < -0.39 is 0 Å². The van der Waals surface area contributed by atoms with Crippen LogP contribution in [0.25, 0.3) is 0 Å². The molecule has 140 valence electrons.